The van der Waals surface area contributed by atoms with Crippen molar-refractivity contribution in [2.24, 2.45) is 0 Å². The zero-order valence-electron chi connectivity index (χ0n) is 12.5. The lowest BCUT2D eigenvalue weighted by molar-refractivity contribution is 0.414. The van der Waals surface area contributed by atoms with Gasteiger partial charge in [0.1, 0.15) is 5.75 Å². The molecule has 2 aromatic carbocycles. The van der Waals surface area contributed by atoms with Crippen LogP contribution < -0.4 is 4.74 Å². The monoisotopic (exact) mass is 366 g/mol. The number of hydrogen-bond acceptors (Lipinski definition) is 2. The number of aryl methyl sites for hydroxylation is 3. The highest BCUT2D eigenvalue weighted by molar-refractivity contribution is 9.09. The van der Waals surface area contributed by atoms with Crippen molar-refractivity contribution in [1.82, 2.24) is 0 Å². The zero-order chi connectivity index (χ0) is 15.4. The molecule has 4 heteroatoms. The Labute approximate surface area is 137 Å². The molecule has 21 heavy (non-hydrogen) atoms. The van der Waals surface area contributed by atoms with Gasteiger partial charge in [0, 0.05) is 15.1 Å². The van der Waals surface area contributed by atoms with Gasteiger partial charge in [0.2, 0.25) is 0 Å². The largest absolute Gasteiger partial charge is 0.497 e. The summed E-state index contributed by atoms with van der Waals surface area (Å²) >= 11 is 3.46. The second-order valence-electron chi connectivity index (χ2n) is 4.94. The normalized spacial score (nSPS) is 12.2. The molecule has 2 nitrogen and oxygen atoms in total. The van der Waals surface area contributed by atoms with E-state index in [0.29, 0.717) is 0 Å². The summed E-state index contributed by atoms with van der Waals surface area (Å²) in [6.45, 7) is 4.06. The van der Waals surface area contributed by atoms with Crippen molar-refractivity contribution in [1.29, 1.82) is 0 Å². The van der Waals surface area contributed by atoms with E-state index in [1.165, 1.54) is 5.56 Å². The minimum atomic E-state index is -1.16. The van der Waals surface area contributed by atoms with Crippen LogP contribution in [0.5, 0.6) is 5.75 Å². The van der Waals surface area contributed by atoms with Gasteiger partial charge >= 0.3 is 0 Å². The molecule has 0 bridgehead atoms. The molecule has 0 aliphatic heterocycles. The second-order valence-corrected chi connectivity index (χ2v) is 7.15. The lowest BCUT2D eigenvalue weighted by Gasteiger charge is -2.12. The highest BCUT2D eigenvalue weighted by atomic mass is 79.9. The highest BCUT2D eigenvalue weighted by Crippen LogP contribution is 2.26. The van der Waals surface area contributed by atoms with Crippen LogP contribution in [-0.4, -0.2) is 16.6 Å². The van der Waals surface area contributed by atoms with Crippen LogP contribution in [0.1, 0.15) is 16.7 Å². The Balaban J connectivity index is 2.38. The molecule has 0 amide bonds. The molecule has 1 unspecified atom stereocenters. The van der Waals surface area contributed by atoms with Crippen LogP contribution in [0.4, 0.5) is 0 Å². The fourth-order valence-electron chi connectivity index (χ4n) is 2.40. The number of methoxy groups -OCH3 is 1. The van der Waals surface area contributed by atoms with Crippen LogP contribution >= 0.6 is 15.9 Å². The molecular weight excluding hydrogens is 348 g/mol. The van der Waals surface area contributed by atoms with Gasteiger partial charge in [0.25, 0.3) is 0 Å². The summed E-state index contributed by atoms with van der Waals surface area (Å²) in [5.41, 5.74) is 3.44. The number of hydrogen-bond donors (Lipinski definition) is 0. The van der Waals surface area contributed by atoms with E-state index in [4.69, 9.17) is 4.74 Å². The van der Waals surface area contributed by atoms with Crippen molar-refractivity contribution < 1.29 is 8.95 Å². The standard InChI is InChI=1S/C17H19BrO2S/c1-12-10-14(8-9-18)11-13(2)17(12)21(19)16-6-4-15(20-3)5-7-16/h4-7,10-11H,8-9H2,1-3H3. The van der Waals surface area contributed by atoms with Crippen LogP contribution in [0.2, 0.25) is 0 Å². The fourth-order valence-corrected chi connectivity index (χ4v) is 4.18. The Hall–Kier alpha value is -1.13. The van der Waals surface area contributed by atoms with Crippen molar-refractivity contribution in [2.75, 3.05) is 12.4 Å². The van der Waals surface area contributed by atoms with Crippen molar-refractivity contribution in [3.63, 3.8) is 0 Å². The topological polar surface area (TPSA) is 26.3 Å². The quantitative estimate of drug-likeness (QED) is 0.732. The van der Waals surface area contributed by atoms with E-state index in [-0.39, 0.29) is 0 Å². The number of benzene rings is 2. The molecule has 1 atom stereocenters. The van der Waals surface area contributed by atoms with Crippen molar-refractivity contribution in [2.45, 2.75) is 30.1 Å². The number of halogens is 1. The van der Waals surface area contributed by atoms with E-state index in [1.54, 1.807) is 7.11 Å². The lowest BCUT2D eigenvalue weighted by Crippen LogP contribution is -2.01. The highest BCUT2D eigenvalue weighted by Gasteiger charge is 2.14. The molecule has 112 valence electrons. The number of alkyl halides is 1. The predicted octanol–water partition coefficient (Wildman–Crippen LogP) is 4.42. The molecule has 0 heterocycles. The van der Waals surface area contributed by atoms with Gasteiger partial charge in [0.05, 0.1) is 17.9 Å². The molecule has 2 rings (SSSR count). The zero-order valence-corrected chi connectivity index (χ0v) is 14.9. The molecule has 0 radical (unpaired) electrons. The summed E-state index contributed by atoms with van der Waals surface area (Å²) in [5.74, 6) is 0.775. The minimum Gasteiger partial charge on any atom is -0.497 e. The minimum absolute atomic E-state index is 0.775. The summed E-state index contributed by atoms with van der Waals surface area (Å²) in [7, 11) is 0.468. The lowest BCUT2D eigenvalue weighted by atomic mass is 10.1. The third-order valence-electron chi connectivity index (χ3n) is 3.36. The molecule has 0 saturated carbocycles. The Morgan fingerprint density at radius 3 is 2.14 bits per heavy atom. The first-order chi connectivity index (χ1) is 10.1. The van der Waals surface area contributed by atoms with E-state index >= 15 is 0 Å². The molecular formula is C17H19BrO2S. The van der Waals surface area contributed by atoms with Crippen LogP contribution in [0.15, 0.2) is 46.2 Å². The van der Waals surface area contributed by atoms with Gasteiger partial charge in [-0.2, -0.15) is 0 Å². The van der Waals surface area contributed by atoms with Crippen molar-refractivity contribution >= 4 is 26.7 Å². The number of rotatable bonds is 5. The molecule has 0 saturated heterocycles. The van der Waals surface area contributed by atoms with Crippen molar-refractivity contribution in [3.05, 3.63) is 53.1 Å². The molecule has 2 aromatic rings. The van der Waals surface area contributed by atoms with Gasteiger partial charge < -0.3 is 4.74 Å². The SMILES string of the molecule is COc1ccc(S(=O)c2c(C)cc(CCBr)cc2C)cc1. The third-order valence-corrected chi connectivity index (χ3v) is 5.47. The van der Waals surface area contributed by atoms with Crippen LogP contribution in [-0.2, 0) is 17.2 Å². The summed E-state index contributed by atoms with van der Waals surface area (Å²) < 4.78 is 18.0. The Kier molecular flexibility index (Phi) is 5.59. The summed E-state index contributed by atoms with van der Waals surface area (Å²) in [6.07, 6.45) is 0.983. The van der Waals surface area contributed by atoms with Crippen LogP contribution in [0.25, 0.3) is 0 Å². The maximum absolute atomic E-state index is 12.8. The van der Waals surface area contributed by atoms with Gasteiger partial charge in [-0.15, -0.1) is 0 Å². The average molecular weight is 367 g/mol. The van der Waals surface area contributed by atoms with E-state index < -0.39 is 10.8 Å². The van der Waals surface area contributed by atoms with Gasteiger partial charge in [-0.3, -0.25) is 0 Å². The van der Waals surface area contributed by atoms with E-state index in [9.17, 15) is 4.21 Å². The van der Waals surface area contributed by atoms with E-state index in [2.05, 4.69) is 28.1 Å². The average Bonchev–Trinajstić information content (AvgIpc) is 2.47. The first-order valence-corrected chi connectivity index (χ1v) is 9.06. The number of ether oxygens (including phenoxy) is 1. The van der Waals surface area contributed by atoms with Crippen LogP contribution in [0.3, 0.4) is 0 Å². The van der Waals surface area contributed by atoms with Crippen LogP contribution in [0, 0.1) is 13.8 Å². The summed E-state index contributed by atoms with van der Waals surface area (Å²) in [6, 6.07) is 11.7. The van der Waals surface area contributed by atoms with Gasteiger partial charge in [-0.25, -0.2) is 4.21 Å². The Bertz CT molecular complexity index is 627. The molecule has 0 aliphatic rings. The molecule has 0 N–H and O–H groups in total. The summed E-state index contributed by atoms with van der Waals surface area (Å²) in [4.78, 5) is 1.72. The fraction of sp³-hybridized carbons (Fsp3) is 0.294. The van der Waals surface area contributed by atoms with E-state index in [1.807, 2.05) is 38.1 Å². The maximum Gasteiger partial charge on any atom is 0.118 e. The smallest absolute Gasteiger partial charge is 0.118 e. The first-order valence-electron chi connectivity index (χ1n) is 6.78. The predicted molar refractivity (Wildman–Crippen MR) is 91.1 cm³/mol. The molecule has 0 aromatic heterocycles. The molecule has 0 aliphatic carbocycles. The third kappa shape index (κ3) is 3.74. The van der Waals surface area contributed by atoms with Gasteiger partial charge in [-0.1, -0.05) is 28.1 Å². The second kappa shape index (κ2) is 7.23. The molecule has 0 spiro atoms. The first kappa shape index (κ1) is 16.2. The Morgan fingerprint density at radius 1 is 1.10 bits per heavy atom. The van der Waals surface area contributed by atoms with Crippen molar-refractivity contribution in [3.8, 4) is 5.75 Å². The van der Waals surface area contributed by atoms with Gasteiger partial charge in [0.15, 0.2) is 0 Å². The molecule has 0 fully saturated rings. The summed E-state index contributed by atoms with van der Waals surface area (Å²) in [5, 5.41) is 0.937. The Morgan fingerprint density at radius 2 is 1.67 bits per heavy atom. The van der Waals surface area contributed by atoms with E-state index in [0.717, 1.165) is 38.4 Å². The van der Waals surface area contributed by atoms with Gasteiger partial charge in [-0.05, 0) is 61.2 Å². The maximum atomic E-state index is 12.8.